The number of rotatable bonds is 4. The van der Waals surface area contributed by atoms with Crippen LogP contribution in [0.1, 0.15) is 32.6 Å². The van der Waals surface area contributed by atoms with Gasteiger partial charge in [-0.25, -0.2) is 0 Å². The van der Waals surface area contributed by atoms with Crippen LogP contribution in [0.2, 0.25) is 0 Å². The van der Waals surface area contributed by atoms with E-state index in [4.69, 9.17) is 4.74 Å². The molecule has 0 radical (unpaired) electrons. The zero-order chi connectivity index (χ0) is 12.4. The second kappa shape index (κ2) is 5.31. The van der Waals surface area contributed by atoms with Crippen molar-refractivity contribution >= 4 is 0 Å². The molecule has 0 spiro atoms. The Morgan fingerprint density at radius 1 is 1.11 bits per heavy atom. The monoisotopic (exact) mass is 245 g/mol. The SMILES string of the molecule is CC1CC2CCC(C1)N2CCOc1ccccc1. The van der Waals surface area contributed by atoms with Crippen LogP contribution in [0.15, 0.2) is 30.3 Å². The quantitative estimate of drug-likeness (QED) is 0.806. The average molecular weight is 245 g/mol. The summed E-state index contributed by atoms with van der Waals surface area (Å²) in [5, 5.41) is 0. The number of piperidine rings is 1. The topological polar surface area (TPSA) is 12.5 Å². The predicted molar refractivity (Wildman–Crippen MR) is 73.9 cm³/mol. The lowest BCUT2D eigenvalue weighted by Gasteiger charge is -2.37. The molecule has 18 heavy (non-hydrogen) atoms. The maximum atomic E-state index is 5.82. The Labute approximate surface area is 110 Å². The van der Waals surface area contributed by atoms with E-state index in [2.05, 4.69) is 11.8 Å². The summed E-state index contributed by atoms with van der Waals surface area (Å²) in [5.74, 6) is 1.92. The largest absolute Gasteiger partial charge is 0.492 e. The first-order chi connectivity index (χ1) is 8.83. The molecule has 2 aliphatic rings. The molecular formula is C16H23NO. The minimum atomic E-state index is 0.825. The normalized spacial score (nSPS) is 31.5. The molecule has 0 aliphatic carbocycles. The van der Waals surface area contributed by atoms with E-state index >= 15 is 0 Å². The Balaban J connectivity index is 1.49. The summed E-state index contributed by atoms with van der Waals surface area (Å²) in [7, 11) is 0. The van der Waals surface area contributed by atoms with Crippen molar-refractivity contribution in [2.75, 3.05) is 13.2 Å². The molecule has 2 saturated heterocycles. The summed E-state index contributed by atoms with van der Waals surface area (Å²) in [6.07, 6.45) is 5.59. The fourth-order valence-corrected chi connectivity index (χ4v) is 3.70. The summed E-state index contributed by atoms with van der Waals surface area (Å²) in [6.45, 7) is 4.32. The minimum absolute atomic E-state index is 0.825. The minimum Gasteiger partial charge on any atom is -0.492 e. The van der Waals surface area contributed by atoms with E-state index in [0.29, 0.717) is 0 Å². The highest BCUT2D eigenvalue weighted by Gasteiger charge is 2.38. The first kappa shape index (κ1) is 12.0. The molecule has 1 aromatic rings. The van der Waals surface area contributed by atoms with Crippen LogP contribution in [0.5, 0.6) is 5.75 Å². The summed E-state index contributed by atoms with van der Waals surface area (Å²) in [6, 6.07) is 11.8. The predicted octanol–water partition coefficient (Wildman–Crippen LogP) is 3.33. The van der Waals surface area contributed by atoms with Crippen molar-refractivity contribution in [1.29, 1.82) is 0 Å². The van der Waals surface area contributed by atoms with Gasteiger partial charge >= 0.3 is 0 Å². The van der Waals surface area contributed by atoms with Crippen molar-refractivity contribution in [2.45, 2.75) is 44.7 Å². The number of ether oxygens (including phenoxy) is 1. The third-order valence-electron chi connectivity index (χ3n) is 4.48. The summed E-state index contributed by atoms with van der Waals surface area (Å²) in [4.78, 5) is 2.70. The zero-order valence-electron chi connectivity index (χ0n) is 11.2. The maximum absolute atomic E-state index is 5.82. The fourth-order valence-electron chi connectivity index (χ4n) is 3.70. The Kier molecular flexibility index (Phi) is 3.55. The zero-order valence-corrected chi connectivity index (χ0v) is 11.2. The molecule has 0 N–H and O–H groups in total. The molecule has 2 aliphatic heterocycles. The van der Waals surface area contributed by atoms with Crippen LogP contribution in [-0.2, 0) is 0 Å². The number of hydrogen-bond acceptors (Lipinski definition) is 2. The van der Waals surface area contributed by atoms with Gasteiger partial charge in [0.1, 0.15) is 12.4 Å². The highest BCUT2D eigenvalue weighted by molar-refractivity contribution is 5.20. The Bertz CT molecular complexity index is 364. The average Bonchev–Trinajstić information content (AvgIpc) is 2.63. The van der Waals surface area contributed by atoms with Gasteiger partial charge in [0.2, 0.25) is 0 Å². The van der Waals surface area contributed by atoms with E-state index in [1.165, 1.54) is 25.7 Å². The van der Waals surface area contributed by atoms with Crippen LogP contribution in [0.25, 0.3) is 0 Å². The maximum Gasteiger partial charge on any atom is 0.119 e. The molecule has 2 heterocycles. The highest BCUT2D eigenvalue weighted by Crippen LogP contribution is 2.37. The van der Waals surface area contributed by atoms with Gasteiger partial charge in [-0.1, -0.05) is 25.1 Å². The Morgan fingerprint density at radius 3 is 2.44 bits per heavy atom. The van der Waals surface area contributed by atoms with E-state index in [9.17, 15) is 0 Å². The van der Waals surface area contributed by atoms with Crippen LogP contribution in [0.4, 0.5) is 0 Å². The smallest absolute Gasteiger partial charge is 0.119 e. The molecular weight excluding hydrogens is 222 g/mol. The van der Waals surface area contributed by atoms with Crippen molar-refractivity contribution in [3.63, 3.8) is 0 Å². The molecule has 1 aromatic carbocycles. The highest BCUT2D eigenvalue weighted by atomic mass is 16.5. The van der Waals surface area contributed by atoms with Crippen molar-refractivity contribution in [1.82, 2.24) is 4.90 Å². The number of benzene rings is 1. The van der Waals surface area contributed by atoms with Gasteiger partial charge in [-0.3, -0.25) is 4.90 Å². The lowest BCUT2D eigenvalue weighted by atomic mass is 9.92. The lowest BCUT2D eigenvalue weighted by molar-refractivity contribution is 0.0919. The van der Waals surface area contributed by atoms with Gasteiger partial charge < -0.3 is 4.74 Å². The van der Waals surface area contributed by atoms with Crippen molar-refractivity contribution in [2.24, 2.45) is 5.92 Å². The third kappa shape index (κ3) is 2.54. The number of para-hydroxylation sites is 1. The Hall–Kier alpha value is -1.02. The standard InChI is InChI=1S/C16H23NO/c1-13-11-14-7-8-15(12-13)17(14)9-10-18-16-5-3-2-4-6-16/h2-6,13-15H,7-12H2,1H3. The van der Waals surface area contributed by atoms with E-state index < -0.39 is 0 Å². The van der Waals surface area contributed by atoms with Gasteiger partial charge in [-0.05, 0) is 43.7 Å². The molecule has 2 bridgehead atoms. The molecule has 3 rings (SSSR count). The van der Waals surface area contributed by atoms with Gasteiger partial charge in [0.05, 0.1) is 0 Å². The van der Waals surface area contributed by atoms with Crippen molar-refractivity contribution < 1.29 is 4.74 Å². The second-order valence-corrected chi connectivity index (χ2v) is 5.86. The summed E-state index contributed by atoms with van der Waals surface area (Å²) < 4.78 is 5.82. The summed E-state index contributed by atoms with van der Waals surface area (Å²) >= 11 is 0. The molecule has 0 saturated carbocycles. The van der Waals surface area contributed by atoms with Gasteiger partial charge in [0.25, 0.3) is 0 Å². The van der Waals surface area contributed by atoms with Crippen LogP contribution in [0.3, 0.4) is 0 Å². The molecule has 2 unspecified atom stereocenters. The molecule has 0 aromatic heterocycles. The number of hydrogen-bond donors (Lipinski definition) is 0. The van der Waals surface area contributed by atoms with Crippen molar-refractivity contribution in [3.05, 3.63) is 30.3 Å². The fraction of sp³-hybridized carbons (Fsp3) is 0.625. The van der Waals surface area contributed by atoms with Crippen LogP contribution in [-0.4, -0.2) is 30.1 Å². The molecule has 98 valence electrons. The molecule has 2 heteroatoms. The first-order valence-corrected chi connectivity index (χ1v) is 7.26. The van der Waals surface area contributed by atoms with Gasteiger partial charge in [-0.15, -0.1) is 0 Å². The van der Waals surface area contributed by atoms with E-state index in [0.717, 1.165) is 36.9 Å². The molecule has 0 amide bonds. The number of nitrogens with zero attached hydrogens (tertiary/aromatic N) is 1. The van der Waals surface area contributed by atoms with E-state index in [-0.39, 0.29) is 0 Å². The van der Waals surface area contributed by atoms with E-state index in [1.54, 1.807) is 0 Å². The Morgan fingerprint density at radius 2 is 1.78 bits per heavy atom. The summed E-state index contributed by atoms with van der Waals surface area (Å²) in [5.41, 5.74) is 0. The van der Waals surface area contributed by atoms with Gasteiger partial charge in [-0.2, -0.15) is 0 Å². The molecule has 2 nitrogen and oxygen atoms in total. The van der Waals surface area contributed by atoms with Crippen LogP contribution >= 0.6 is 0 Å². The third-order valence-corrected chi connectivity index (χ3v) is 4.48. The second-order valence-electron chi connectivity index (χ2n) is 5.86. The first-order valence-electron chi connectivity index (χ1n) is 7.26. The number of fused-ring (bicyclic) bond motifs is 2. The molecule has 2 atom stereocenters. The van der Waals surface area contributed by atoms with Crippen LogP contribution < -0.4 is 4.74 Å². The van der Waals surface area contributed by atoms with Gasteiger partial charge in [0.15, 0.2) is 0 Å². The van der Waals surface area contributed by atoms with Crippen molar-refractivity contribution in [3.8, 4) is 5.75 Å². The van der Waals surface area contributed by atoms with Crippen LogP contribution in [0, 0.1) is 5.92 Å². The van der Waals surface area contributed by atoms with Gasteiger partial charge in [0, 0.05) is 18.6 Å². The lowest BCUT2D eigenvalue weighted by Crippen LogP contribution is -2.44. The molecule has 2 fully saturated rings. The van der Waals surface area contributed by atoms with E-state index in [1.807, 2.05) is 30.3 Å².